The van der Waals surface area contributed by atoms with E-state index < -0.39 is 11.2 Å². The van der Waals surface area contributed by atoms with Crippen molar-refractivity contribution in [3.63, 3.8) is 0 Å². The predicted octanol–water partition coefficient (Wildman–Crippen LogP) is 2.60. The van der Waals surface area contributed by atoms with E-state index in [1.165, 1.54) is 6.07 Å². The summed E-state index contributed by atoms with van der Waals surface area (Å²) in [6.07, 6.45) is 1.72. The Hall–Kier alpha value is -2.25. The van der Waals surface area contributed by atoms with E-state index >= 15 is 0 Å². The molecule has 2 N–H and O–H groups in total. The highest BCUT2D eigenvalue weighted by atomic mass is 32.2. The summed E-state index contributed by atoms with van der Waals surface area (Å²) in [4.78, 5) is 11.7. The van der Waals surface area contributed by atoms with Gasteiger partial charge in [-0.2, -0.15) is 4.98 Å². The third-order valence-electron chi connectivity index (χ3n) is 3.68. The Bertz CT molecular complexity index is 863. The first-order valence-electron chi connectivity index (χ1n) is 7.05. The van der Waals surface area contributed by atoms with E-state index in [1.54, 1.807) is 25.4 Å². The molecule has 0 amide bonds. The zero-order chi connectivity index (χ0) is 16.6. The maximum atomic E-state index is 12.6. The van der Waals surface area contributed by atoms with Gasteiger partial charge in [0.05, 0.1) is 23.8 Å². The minimum absolute atomic E-state index is 0.127. The number of methoxy groups -OCH3 is 1. The summed E-state index contributed by atoms with van der Waals surface area (Å²) < 4.78 is 18.0. The van der Waals surface area contributed by atoms with Gasteiger partial charge >= 0.3 is 5.16 Å². The number of aryl methyl sites for hydroxylation is 1. The van der Waals surface area contributed by atoms with Gasteiger partial charge in [-0.15, -0.1) is 0 Å². The summed E-state index contributed by atoms with van der Waals surface area (Å²) in [5.74, 6) is 1.14. The van der Waals surface area contributed by atoms with Gasteiger partial charge in [0, 0.05) is 34.6 Å². The molecular formula is C16H17N3O3S. The maximum absolute atomic E-state index is 12.6. The van der Waals surface area contributed by atoms with Gasteiger partial charge in [-0.3, -0.25) is 9.97 Å². The minimum Gasteiger partial charge on any atom is -0.609 e. The first kappa shape index (κ1) is 15.6. The Morgan fingerprint density at radius 1 is 1.35 bits per heavy atom. The highest BCUT2D eigenvalue weighted by molar-refractivity contribution is 7.90. The second kappa shape index (κ2) is 6.10. The van der Waals surface area contributed by atoms with E-state index in [0.29, 0.717) is 16.4 Å². The fraction of sp³-hybridized carbons (Fsp3) is 0.250. The molecule has 1 atom stereocenters. The van der Waals surface area contributed by atoms with Gasteiger partial charge in [-0.25, -0.2) is 0 Å². The fourth-order valence-electron chi connectivity index (χ4n) is 2.49. The number of benzene rings is 1. The monoisotopic (exact) mass is 331 g/mol. The van der Waals surface area contributed by atoms with Crippen LogP contribution in [0.4, 0.5) is 0 Å². The molecule has 0 aliphatic carbocycles. The van der Waals surface area contributed by atoms with E-state index in [1.807, 2.05) is 13.8 Å². The first-order valence-corrected chi connectivity index (χ1v) is 8.37. The lowest BCUT2D eigenvalue weighted by Crippen LogP contribution is -2.10. The molecule has 0 spiro atoms. The molecule has 3 rings (SSSR count). The van der Waals surface area contributed by atoms with Crippen LogP contribution in [0.2, 0.25) is 0 Å². The lowest BCUT2D eigenvalue weighted by atomic mass is 10.1. The van der Waals surface area contributed by atoms with Crippen LogP contribution in [0, 0.1) is 13.8 Å². The molecule has 2 heterocycles. The normalized spacial score (nSPS) is 12.5. The van der Waals surface area contributed by atoms with E-state index in [4.69, 9.17) is 4.74 Å². The SMILES string of the molecule is COc1c(C)cnc(C[S+]([O-])c2nc3cc(O)ccc3[nH]2)c1C. The number of H-pyrrole nitrogens is 1. The largest absolute Gasteiger partial charge is 0.609 e. The van der Waals surface area contributed by atoms with Gasteiger partial charge in [0.1, 0.15) is 11.5 Å². The average molecular weight is 331 g/mol. The zero-order valence-corrected chi connectivity index (χ0v) is 13.9. The molecule has 0 bridgehead atoms. The van der Waals surface area contributed by atoms with Crippen LogP contribution in [0.25, 0.3) is 11.0 Å². The van der Waals surface area contributed by atoms with E-state index in [-0.39, 0.29) is 11.5 Å². The number of phenols is 1. The Morgan fingerprint density at radius 3 is 2.87 bits per heavy atom. The topological polar surface area (TPSA) is 94.1 Å². The van der Waals surface area contributed by atoms with Crippen molar-refractivity contribution in [2.75, 3.05) is 7.11 Å². The number of phenolic OH excluding ortho intramolecular Hbond substituents is 1. The molecule has 23 heavy (non-hydrogen) atoms. The number of hydrogen-bond donors (Lipinski definition) is 2. The molecule has 0 saturated heterocycles. The number of pyridine rings is 1. The minimum atomic E-state index is -1.37. The number of rotatable bonds is 4. The predicted molar refractivity (Wildman–Crippen MR) is 88.1 cm³/mol. The molecule has 6 nitrogen and oxygen atoms in total. The van der Waals surface area contributed by atoms with Crippen molar-refractivity contribution in [3.8, 4) is 11.5 Å². The molecule has 0 fully saturated rings. The summed E-state index contributed by atoms with van der Waals surface area (Å²) in [5.41, 5.74) is 3.86. The molecule has 7 heteroatoms. The summed E-state index contributed by atoms with van der Waals surface area (Å²) in [6, 6.07) is 4.80. The maximum Gasteiger partial charge on any atom is 0.322 e. The lowest BCUT2D eigenvalue weighted by Gasteiger charge is -2.13. The number of nitrogens with zero attached hydrogens (tertiary/aromatic N) is 2. The second-order valence-corrected chi connectivity index (χ2v) is 6.65. The van der Waals surface area contributed by atoms with Crippen LogP contribution in [0.15, 0.2) is 29.6 Å². The number of fused-ring (bicyclic) bond motifs is 1. The lowest BCUT2D eigenvalue weighted by molar-refractivity contribution is 0.407. The van der Waals surface area contributed by atoms with Crippen molar-refractivity contribution in [2.24, 2.45) is 0 Å². The van der Waals surface area contributed by atoms with Crippen LogP contribution in [-0.2, 0) is 16.9 Å². The first-order chi connectivity index (χ1) is 11.0. The highest BCUT2D eigenvalue weighted by Gasteiger charge is 2.21. The van der Waals surface area contributed by atoms with Crippen molar-refractivity contribution in [1.29, 1.82) is 0 Å². The van der Waals surface area contributed by atoms with Gasteiger partial charge in [-0.1, -0.05) is 0 Å². The van der Waals surface area contributed by atoms with Crippen molar-refractivity contribution in [2.45, 2.75) is 24.8 Å². The fourth-order valence-corrected chi connectivity index (χ4v) is 3.59. The van der Waals surface area contributed by atoms with Crippen LogP contribution in [0.3, 0.4) is 0 Å². The number of ether oxygens (including phenoxy) is 1. The number of imidazole rings is 1. The van der Waals surface area contributed by atoms with Crippen LogP contribution < -0.4 is 4.74 Å². The number of nitrogens with one attached hydrogen (secondary N) is 1. The van der Waals surface area contributed by atoms with Crippen LogP contribution >= 0.6 is 0 Å². The molecule has 3 aromatic rings. The second-order valence-electron chi connectivity index (χ2n) is 5.28. The average Bonchev–Trinajstić information content (AvgIpc) is 2.93. The summed E-state index contributed by atoms with van der Waals surface area (Å²) >= 11 is -1.37. The van der Waals surface area contributed by atoms with E-state index in [2.05, 4.69) is 15.0 Å². The Morgan fingerprint density at radius 2 is 2.13 bits per heavy atom. The number of aromatic amines is 1. The molecule has 120 valence electrons. The van der Waals surface area contributed by atoms with Crippen LogP contribution in [0.1, 0.15) is 16.8 Å². The van der Waals surface area contributed by atoms with Crippen molar-refractivity contribution >= 4 is 22.2 Å². The van der Waals surface area contributed by atoms with Crippen LogP contribution in [-0.4, -0.2) is 31.7 Å². The van der Waals surface area contributed by atoms with Crippen molar-refractivity contribution < 1.29 is 14.4 Å². The molecule has 1 unspecified atom stereocenters. The van der Waals surface area contributed by atoms with Gasteiger partial charge in [0.25, 0.3) is 0 Å². The summed E-state index contributed by atoms with van der Waals surface area (Å²) in [6.45, 7) is 3.83. The van der Waals surface area contributed by atoms with Gasteiger partial charge < -0.3 is 14.4 Å². The highest BCUT2D eigenvalue weighted by Crippen LogP contribution is 2.27. The standard InChI is InChI=1S/C16H17N3O3S/c1-9-7-17-14(10(2)15(9)22-3)8-23(21)16-18-12-5-4-11(20)6-13(12)19-16/h4-7,20H,8H2,1-3H3,(H,18,19). The molecular weight excluding hydrogens is 314 g/mol. The Kier molecular flexibility index (Phi) is 4.14. The molecule has 0 radical (unpaired) electrons. The van der Waals surface area contributed by atoms with Crippen molar-refractivity contribution in [3.05, 3.63) is 41.2 Å². The molecule has 1 aromatic carbocycles. The molecule has 0 aliphatic rings. The summed E-state index contributed by atoms with van der Waals surface area (Å²) in [5, 5.41) is 9.85. The molecule has 0 aliphatic heterocycles. The third-order valence-corrected chi connectivity index (χ3v) is 4.84. The summed E-state index contributed by atoms with van der Waals surface area (Å²) in [7, 11) is 1.61. The molecule has 2 aromatic heterocycles. The smallest absolute Gasteiger partial charge is 0.322 e. The van der Waals surface area contributed by atoms with Crippen molar-refractivity contribution in [1.82, 2.24) is 15.0 Å². The van der Waals surface area contributed by atoms with E-state index in [0.717, 1.165) is 22.4 Å². The van der Waals surface area contributed by atoms with Gasteiger partial charge in [0.2, 0.25) is 0 Å². The molecule has 0 saturated carbocycles. The number of aromatic hydroxyl groups is 1. The number of aromatic nitrogens is 3. The van der Waals surface area contributed by atoms with Gasteiger partial charge in [-0.05, 0) is 26.0 Å². The Labute approximate surface area is 136 Å². The number of hydrogen-bond acceptors (Lipinski definition) is 5. The zero-order valence-electron chi connectivity index (χ0n) is 13.1. The van der Waals surface area contributed by atoms with Gasteiger partial charge in [0.15, 0.2) is 5.75 Å². The Balaban J connectivity index is 1.90. The van der Waals surface area contributed by atoms with Crippen LogP contribution in [0.5, 0.6) is 11.5 Å². The third kappa shape index (κ3) is 2.97. The quantitative estimate of drug-likeness (QED) is 0.717. The van der Waals surface area contributed by atoms with E-state index in [9.17, 15) is 9.66 Å².